The molecule has 0 bridgehead atoms. The second-order valence-electron chi connectivity index (χ2n) is 6.72. The highest BCUT2D eigenvalue weighted by Gasteiger charge is 2.27. The minimum atomic E-state index is -0.482. The summed E-state index contributed by atoms with van der Waals surface area (Å²) in [5, 5.41) is 3.48. The first-order valence-electron chi connectivity index (χ1n) is 7.39. The second kappa shape index (κ2) is 6.71. The van der Waals surface area contributed by atoms with Gasteiger partial charge in [-0.05, 0) is 68.2 Å². The fraction of sp³-hybridized carbons (Fsp3) is 0.625. The number of nitrogens with zero attached hydrogens (tertiary/aromatic N) is 1. The molecule has 2 nitrogen and oxygen atoms in total. The van der Waals surface area contributed by atoms with Gasteiger partial charge in [-0.1, -0.05) is 0 Å². The Bertz CT molecular complexity index is 500. The van der Waals surface area contributed by atoms with Crippen molar-refractivity contribution in [2.24, 2.45) is 0 Å². The molecule has 0 spiro atoms. The lowest BCUT2D eigenvalue weighted by atomic mass is 10.1. The van der Waals surface area contributed by atoms with Crippen molar-refractivity contribution in [3.63, 3.8) is 0 Å². The van der Waals surface area contributed by atoms with E-state index in [0.717, 1.165) is 25.9 Å². The highest BCUT2D eigenvalue weighted by Crippen LogP contribution is 2.26. The van der Waals surface area contributed by atoms with Gasteiger partial charge in [0.05, 0.1) is 4.47 Å². The molecule has 1 N–H and O–H groups in total. The van der Waals surface area contributed by atoms with E-state index >= 15 is 0 Å². The predicted octanol–water partition coefficient (Wildman–Crippen LogP) is 4.08. The van der Waals surface area contributed by atoms with E-state index < -0.39 is 11.6 Å². The average molecular weight is 361 g/mol. The van der Waals surface area contributed by atoms with Crippen molar-refractivity contribution < 1.29 is 8.78 Å². The van der Waals surface area contributed by atoms with Gasteiger partial charge >= 0.3 is 0 Å². The molecule has 0 saturated carbocycles. The van der Waals surface area contributed by atoms with E-state index in [-0.39, 0.29) is 11.1 Å². The topological polar surface area (TPSA) is 15.3 Å². The van der Waals surface area contributed by atoms with Crippen molar-refractivity contribution in [3.8, 4) is 0 Å². The van der Waals surface area contributed by atoms with Crippen LogP contribution < -0.4 is 5.32 Å². The summed E-state index contributed by atoms with van der Waals surface area (Å²) in [4.78, 5) is 2.17. The maximum Gasteiger partial charge on any atom is 0.144 e. The molecule has 1 unspecified atom stereocenters. The van der Waals surface area contributed by atoms with Gasteiger partial charge < -0.3 is 5.32 Å². The van der Waals surface area contributed by atoms with E-state index in [1.54, 1.807) is 0 Å². The van der Waals surface area contributed by atoms with Crippen LogP contribution in [0.2, 0.25) is 0 Å². The molecule has 0 aromatic heterocycles. The molecule has 118 valence electrons. The van der Waals surface area contributed by atoms with Gasteiger partial charge in [0, 0.05) is 30.2 Å². The number of rotatable bonds is 4. The molecular weight excluding hydrogens is 338 g/mol. The van der Waals surface area contributed by atoms with Gasteiger partial charge in [-0.15, -0.1) is 0 Å². The molecule has 0 radical (unpaired) electrons. The standard InChI is InChI=1S/C16H23BrF2N2/c1-16(2,3)20-9-11-5-4-8-21(11)10-12-14(18)7-6-13(17)15(12)19/h6-7,11,20H,4-5,8-10H2,1-3H3. The first kappa shape index (κ1) is 16.8. The molecule has 1 fully saturated rings. The molecule has 0 amide bonds. The maximum atomic E-state index is 14.1. The summed E-state index contributed by atoms with van der Waals surface area (Å²) < 4.78 is 28.3. The third-order valence-corrected chi connectivity index (χ3v) is 4.48. The van der Waals surface area contributed by atoms with Crippen LogP contribution in [0.4, 0.5) is 8.78 Å². The van der Waals surface area contributed by atoms with Crippen molar-refractivity contribution in [1.29, 1.82) is 0 Å². The molecule has 1 aliphatic rings. The highest BCUT2D eigenvalue weighted by molar-refractivity contribution is 9.10. The van der Waals surface area contributed by atoms with Crippen LogP contribution in [0.15, 0.2) is 16.6 Å². The number of nitrogens with one attached hydrogen (secondary N) is 1. The van der Waals surface area contributed by atoms with Gasteiger partial charge in [-0.3, -0.25) is 4.90 Å². The van der Waals surface area contributed by atoms with Crippen LogP contribution in [0.1, 0.15) is 39.2 Å². The van der Waals surface area contributed by atoms with Gasteiger partial charge in [-0.2, -0.15) is 0 Å². The first-order valence-corrected chi connectivity index (χ1v) is 8.18. The summed E-state index contributed by atoms with van der Waals surface area (Å²) in [7, 11) is 0. The van der Waals surface area contributed by atoms with E-state index in [1.807, 2.05) is 0 Å². The fourth-order valence-electron chi connectivity index (χ4n) is 2.68. The monoisotopic (exact) mass is 360 g/mol. The Morgan fingerprint density at radius 1 is 1.33 bits per heavy atom. The summed E-state index contributed by atoms with van der Waals surface area (Å²) in [6.45, 7) is 8.44. The lowest BCUT2D eigenvalue weighted by Gasteiger charge is -2.29. The molecule has 1 heterocycles. The molecular formula is C16H23BrF2N2. The van der Waals surface area contributed by atoms with Crippen LogP contribution in [-0.2, 0) is 6.54 Å². The van der Waals surface area contributed by atoms with Crippen LogP contribution in [0.5, 0.6) is 0 Å². The summed E-state index contributed by atoms with van der Waals surface area (Å²) in [6, 6.07) is 3.07. The zero-order valence-corrected chi connectivity index (χ0v) is 14.4. The lowest BCUT2D eigenvalue weighted by molar-refractivity contribution is 0.220. The number of hydrogen-bond acceptors (Lipinski definition) is 2. The van der Waals surface area contributed by atoms with E-state index in [9.17, 15) is 8.78 Å². The van der Waals surface area contributed by atoms with Crippen LogP contribution in [0.3, 0.4) is 0 Å². The van der Waals surface area contributed by atoms with E-state index in [0.29, 0.717) is 17.1 Å². The Morgan fingerprint density at radius 2 is 2.05 bits per heavy atom. The Kier molecular flexibility index (Phi) is 5.38. The van der Waals surface area contributed by atoms with Crippen molar-refractivity contribution >= 4 is 15.9 Å². The molecule has 1 aromatic rings. The smallest absolute Gasteiger partial charge is 0.144 e. The zero-order valence-electron chi connectivity index (χ0n) is 12.8. The molecule has 0 aliphatic carbocycles. The molecule has 1 atom stereocenters. The number of halogens is 3. The first-order chi connectivity index (χ1) is 9.78. The maximum absolute atomic E-state index is 14.1. The van der Waals surface area contributed by atoms with E-state index in [1.165, 1.54) is 12.1 Å². The fourth-order valence-corrected chi connectivity index (χ4v) is 3.05. The van der Waals surface area contributed by atoms with Gasteiger partial charge in [-0.25, -0.2) is 8.78 Å². The molecule has 1 saturated heterocycles. The average Bonchev–Trinajstić information content (AvgIpc) is 2.83. The summed E-state index contributed by atoms with van der Waals surface area (Å²) in [6.07, 6.45) is 2.15. The van der Waals surface area contributed by atoms with Gasteiger partial charge in [0.25, 0.3) is 0 Å². The SMILES string of the molecule is CC(C)(C)NCC1CCCN1Cc1c(F)ccc(Br)c1F. The number of likely N-dealkylation sites (tertiary alicyclic amines) is 1. The normalized spacial score (nSPS) is 20.2. The lowest BCUT2D eigenvalue weighted by Crippen LogP contribution is -2.45. The third-order valence-electron chi connectivity index (χ3n) is 3.87. The Balaban J connectivity index is 2.06. The van der Waals surface area contributed by atoms with Crippen LogP contribution in [0.25, 0.3) is 0 Å². The van der Waals surface area contributed by atoms with Crippen molar-refractivity contribution in [2.45, 2.75) is 51.7 Å². The summed E-state index contributed by atoms with van der Waals surface area (Å²) in [5.74, 6) is -0.949. The van der Waals surface area contributed by atoms with Gasteiger partial charge in [0.15, 0.2) is 0 Å². The minimum Gasteiger partial charge on any atom is -0.311 e. The molecule has 1 aliphatic heterocycles. The van der Waals surface area contributed by atoms with Crippen LogP contribution in [0, 0.1) is 11.6 Å². The second-order valence-corrected chi connectivity index (χ2v) is 7.57. The Morgan fingerprint density at radius 3 is 2.71 bits per heavy atom. The predicted molar refractivity (Wildman–Crippen MR) is 85.2 cm³/mol. The van der Waals surface area contributed by atoms with Gasteiger partial charge in [0.2, 0.25) is 0 Å². The van der Waals surface area contributed by atoms with Gasteiger partial charge in [0.1, 0.15) is 11.6 Å². The number of benzene rings is 1. The third kappa shape index (κ3) is 4.47. The number of hydrogen-bond donors (Lipinski definition) is 1. The molecule has 5 heteroatoms. The molecule has 1 aromatic carbocycles. The Labute approximate surface area is 134 Å². The minimum absolute atomic E-state index is 0.0561. The molecule has 2 rings (SSSR count). The quantitative estimate of drug-likeness (QED) is 0.813. The van der Waals surface area contributed by atoms with Crippen molar-refractivity contribution in [2.75, 3.05) is 13.1 Å². The summed E-state index contributed by atoms with van der Waals surface area (Å²) in [5.41, 5.74) is 0.215. The van der Waals surface area contributed by atoms with Crippen molar-refractivity contribution in [1.82, 2.24) is 10.2 Å². The summed E-state index contributed by atoms with van der Waals surface area (Å²) >= 11 is 3.13. The van der Waals surface area contributed by atoms with Crippen molar-refractivity contribution in [3.05, 3.63) is 33.8 Å². The molecule has 21 heavy (non-hydrogen) atoms. The zero-order chi connectivity index (χ0) is 15.6. The van der Waals surface area contributed by atoms with E-state index in [4.69, 9.17) is 0 Å². The van der Waals surface area contributed by atoms with E-state index in [2.05, 4.69) is 46.9 Å². The highest BCUT2D eigenvalue weighted by atomic mass is 79.9. The largest absolute Gasteiger partial charge is 0.311 e. The Hall–Kier alpha value is -0.520. The van der Waals surface area contributed by atoms with Crippen LogP contribution >= 0.6 is 15.9 Å². The van der Waals surface area contributed by atoms with Crippen LogP contribution in [-0.4, -0.2) is 29.6 Å².